The molecule has 2 N–H and O–H groups in total. The highest BCUT2D eigenvalue weighted by Crippen LogP contribution is 2.09. The number of hydrogen-bond acceptors (Lipinski definition) is 2. The lowest BCUT2D eigenvalue weighted by molar-refractivity contribution is 0.0919. The normalized spacial score (nSPS) is 11.0. The number of benzene rings is 2. The van der Waals surface area contributed by atoms with Gasteiger partial charge in [-0.25, -0.2) is 4.39 Å². The molecule has 2 aromatic carbocycles. The third kappa shape index (κ3) is 5.19. The van der Waals surface area contributed by atoms with Crippen LogP contribution in [0.5, 0.6) is 0 Å². The summed E-state index contributed by atoms with van der Waals surface area (Å²) in [5.41, 5.74) is 1.28. The summed E-state index contributed by atoms with van der Waals surface area (Å²) < 4.78 is 12.9. The van der Waals surface area contributed by atoms with Gasteiger partial charge in [-0.15, -0.1) is 0 Å². The molecule has 4 nitrogen and oxygen atoms in total. The first-order valence-corrected chi connectivity index (χ1v) is 7.70. The first-order chi connectivity index (χ1) is 11.2. The second-order valence-electron chi connectivity index (χ2n) is 6.59. The highest BCUT2D eigenvalue weighted by molar-refractivity contribution is 5.99. The van der Waals surface area contributed by atoms with Gasteiger partial charge in [-0.05, 0) is 56.7 Å². The van der Waals surface area contributed by atoms with Gasteiger partial charge < -0.3 is 10.6 Å². The molecule has 2 rings (SSSR count). The van der Waals surface area contributed by atoms with E-state index in [0.29, 0.717) is 11.1 Å². The van der Waals surface area contributed by atoms with Gasteiger partial charge in [0, 0.05) is 23.2 Å². The van der Waals surface area contributed by atoms with E-state index in [-0.39, 0.29) is 29.7 Å². The Bertz CT molecular complexity index is 734. The molecule has 5 heteroatoms. The maximum atomic E-state index is 12.9. The number of carbonyl (C=O) groups is 2. The van der Waals surface area contributed by atoms with Gasteiger partial charge in [0.25, 0.3) is 11.8 Å². The van der Waals surface area contributed by atoms with Gasteiger partial charge >= 0.3 is 0 Å². The number of amides is 2. The van der Waals surface area contributed by atoms with Crippen molar-refractivity contribution in [2.24, 2.45) is 0 Å². The molecule has 0 heterocycles. The largest absolute Gasteiger partial charge is 0.348 e. The summed E-state index contributed by atoms with van der Waals surface area (Å²) in [6.45, 7) is 5.97. The van der Waals surface area contributed by atoms with Crippen LogP contribution < -0.4 is 10.6 Å². The fraction of sp³-hybridized carbons (Fsp3) is 0.263. The Morgan fingerprint density at radius 1 is 0.958 bits per heavy atom. The lowest BCUT2D eigenvalue weighted by Crippen LogP contribution is -2.40. The smallest absolute Gasteiger partial charge is 0.251 e. The fourth-order valence-corrected chi connectivity index (χ4v) is 2.10. The van der Waals surface area contributed by atoms with Crippen LogP contribution in [0.4, 0.5) is 4.39 Å². The standard InChI is InChI=1S/C19H21FN2O2/c1-19(2,3)22-18(24)15-6-4-5-14(11-15)17(23)21-12-13-7-9-16(20)10-8-13/h4-11H,12H2,1-3H3,(H,21,23)(H,22,24). The lowest BCUT2D eigenvalue weighted by atomic mass is 10.1. The highest BCUT2D eigenvalue weighted by Gasteiger charge is 2.16. The predicted molar refractivity (Wildman–Crippen MR) is 91.2 cm³/mol. The van der Waals surface area contributed by atoms with Crippen molar-refractivity contribution in [2.75, 3.05) is 0 Å². The Labute approximate surface area is 141 Å². The zero-order chi connectivity index (χ0) is 17.7. The molecule has 0 aliphatic carbocycles. The average molecular weight is 328 g/mol. The Morgan fingerprint density at radius 3 is 2.12 bits per heavy atom. The summed E-state index contributed by atoms with van der Waals surface area (Å²) in [7, 11) is 0. The molecule has 126 valence electrons. The molecular weight excluding hydrogens is 307 g/mol. The maximum absolute atomic E-state index is 12.9. The molecule has 2 amide bonds. The summed E-state index contributed by atoms with van der Waals surface area (Å²) in [4.78, 5) is 24.4. The van der Waals surface area contributed by atoms with Crippen molar-refractivity contribution in [3.8, 4) is 0 Å². The van der Waals surface area contributed by atoms with Crippen LogP contribution in [0, 0.1) is 5.82 Å². The maximum Gasteiger partial charge on any atom is 0.251 e. The highest BCUT2D eigenvalue weighted by atomic mass is 19.1. The average Bonchev–Trinajstić information content (AvgIpc) is 2.52. The summed E-state index contributed by atoms with van der Waals surface area (Å²) in [5.74, 6) is -0.831. The minimum atomic E-state index is -0.349. The first kappa shape index (κ1) is 17.7. The first-order valence-electron chi connectivity index (χ1n) is 7.70. The van der Waals surface area contributed by atoms with Crippen LogP contribution in [-0.4, -0.2) is 17.4 Å². The summed E-state index contributed by atoms with van der Waals surface area (Å²) in [6, 6.07) is 12.5. The van der Waals surface area contributed by atoms with Crippen LogP contribution in [0.15, 0.2) is 48.5 Å². The van der Waals surface area contributed by atoms with Crippen LogP contribution in [0.25, 0.3) is 0 Å². The SMILES string of the molecule is CC(C)(C)NC(=O)c1cccc(C(=O)NCc2ccc(F)cc2)c1. The van der Waals surface area contributed by atoms with Crippen molar-refractivity contribution in [2.45, 2.75) is 32.9 Å². The van der Waals surface area contributed by atoms with E-state index in [1.165, 1.54) is 12.1 Å². The summed E-state index contributed by atoms with van der Waals surface area (Å²) >= 11 is 0. The van der Waals surface area contributed by atoms with E-state index < -0.39 is 0 Å². The molecule has 0 fully saturated rings. The van der Waals surface area contributed by atoms with Gasteiger partial charge in [-0.3, -0.25) is 9.59 Å². The number of halogens is 1. The molecule has 0 radical (unpaired) electrons. The van der Waals surface area contributed by atoms with Crippen molar-refractivity contribution in [1.82, 2.24) is 10.6 Å². The van der Waals surface area contributed by atoms with Gasteiger partial charge in [-0.2, -0.15) is 0 Å². The van der Waals surface area contributed by atoms with Crippen molar-refractivity contribution in [1.29, 1.82) is 0 Å². The fourth-order valence-electron chi connectivity index (χ4n) is 2.10. The van der Waals surface area contributed by atoms with E-state index in [4.69, 9.17) is 0 Å². The zero-order valence-electron chi connectivity index (χ0n) is 14.0. The van der Waals surface area contributed by atoms with Gasteiger partial charge in [0.15, 0.2) is 0 Å². The monoisotopic (exact) mass is 328 g/mol. The Morgan fingerprint density at radius 2 is 1.54 bits per heavy atom. The molecule has 0 saturated carbocycles. The van der Waals surface area contributed by atoms with Crippen LogP contribution in [0.2, 0.25) is 0 Å². The Hall–Kier alpha value is -2.69. The van der Waals surface area contributed by atoms with Crippen LogP contribution >= 0.6 is 0 Å². The van der Waals surface area contributed by atoms with E-state index in [1.807, 2.05) is 20.8 Å². The second kappa shape index (κ2) is 7.25. The van der Waals surface area contributed by atoms with Crippen LogP contribution in [0.3, 0.4) is 0 Å². The van der Waals surface area contributed by atoms with Crippen molar-refractivity contribution in [3.05, 3.63) is 71.0 Å². The predicted octanol–water partition coefficient (Wildman–Crippen LogP) is 3.28. The topological polar surface area (TPSA) is 58.2 Å². The molecule has 0 aliphatic rings. The van der Waals surface area contributed by atoms with Gasteiger partial charge in [0.05, 0.1) is 0 Å². The molecule has 0 aliphatic heterocycles. The van der Waals surface area contributed by atoms with E-state index in [9.17, 15) is 14.0 Å². The minimum Gasteiger partial charge on any atom is -0.348 e. The van der Waals surface area contributed by atoms with Crippen molar-refractivity contribution >= 4 is 11.8 Å². The zero-order valence-corrected chi connectivity index (χ0v) is 14.0. The Kier molecular flexibility index (Phi) is 5.34. The molecule has 0 saturated heterocycles. The minimum absolute atomic E-state index is 0.226. The van der Waals surface area contributed by atoms with E-state index in [2.05, 4.69) is 10.6 Å². The molecule has 0 aromatic heterocycles. The summed E-state index contributed by atoms with van der Waals surface area (Å²) in [5, 5.41) is 5.61. The third-order valence-corrected chi connectivity index (χ3v) is 3.24. The molecule has 0 atom stereocenters. The quantitative estimate of drug-likeness (QED) is 0.905. The number of nitrogens with one attached hydrogen (secondary N) is 2. The third-order valence-electron chi connectivity index (χ3n) is 3.24. The number of hydrogen-bond donors (Lipinski definition) is 2. The van der Waals surface area contributed by atoms with E-state index >= 15 is 0 Å². The second-order valence-corrected chi connectivity index (χ2v) is 6.59. The molecule has 0 bridgehead atoms. The summed E-state index contributed by atoms with van der Waals surface area (Å²) in [6.07, 6.45) is 0. The van der Waals surface area contributed by atoms with Crippen LogP contribution in [0.1, 0.15) is 47.1 Å². The number of rotatable bonds is 4. The number of carbonyl (C=O) groups excluding carboxylic acids is 2. The van der Waals surface area contributed by atoms with Crippen molar-refractivity contribution in [3.63, 3.8) is 0 Å². The Balaban J connectivity index is 2.03. The molecule has 2 aromatic rings. The van der Waals surface area contributed by atoms with Gasteiger partial charge in [0.2, 0.25) is 0 Å². The van der Waals surface area contributed by atoms with E-state index in [1.54, 1.807) is 36.4 Å². The van der Waals surface area contributed by atoms with Gasteiger partial charge in [0.1, 0.15) is 5.82 Å². The van der Waals surface area contributed by atoms with Crippen molar-refractivity contribution < 1.29 is 14.0 Å². The molecule has 24 heavy (non-hydrogen) atoms. The van der Waals surface area contributed by atoms with E-state index in [0.717, 1.165) is 5.56 Å². The van der Waals surface area contributed by atoms with Gasteiger partial charge in [-0.1, -0.05) is 18.2 Å². The molecule has 0 unspecified atom stereocenters. The van der Waals surface area contributed by atoms with Crippen LogP contribution in [-0.2, 0) is 6.54 Å². The molecule has 0 spiro atoms. The lowest BCUT2D eigenvalue weighted by Gasteiger charge is -2.20. The molecular formula is C19H21FN2O2.